The molecule has 0 amide bonds. The first-order valence-electron chi connectivity index (χ1n) is 5.49. The Morgan fingerprint density at radius 1 is 1.25 bits per heavy atom. The van der Waals surface area contributed by atoms with Gasteiger partial charge in [0.05, 0.1) is 5.69 Å². The van der Waals surface area contributed by atoms with Crippen LogP contribution < -0.4 is 10.6 Å². The van der Waals surface area contributed by atoms with Crippen molar-refractivity contribution in [1.29, 1.82) is 0 Å². The van der Waals surface area contributed by atoms with E-state index < -0.39 is 11.6 Å². The molecule has 0 radical (unpaired) electrons. The third kappa shape index (κ3) is 2.50. The first-order valence-corrected chi connectivity index (χ1v) is 5.49. The van der Waals surface area contributed by atoms with Crippen LogP contribution in [-0.4, -0.2) is 20.1 Å². The van der Waals surface area contributed by atoms with Crippen molar-refractivity contribution in [2.75, 3.05) is 25.5 Å². The molecule has 4 heteroatoms. The Kier molecular flexibility index (Phi) is 3.10. The van der Waals surface area contributed by atoms with Crippen LogP contribution in [0, 0.1) is 17.0 Å². The molecule has 0 spiro atoms. The van der Waals surface area contributed by atoms with Gasteiger partial charge in [-0.2, -0.15) is 0 Å². The SMILES string of the molecule is CNCC1(CNc2cc(F)ccc2F)CC1. The molecule has 1 aromatic carbocycles. The lowest BCUT2D eigenvalue weighted by Gasteiger charge is -2.16. The monoisotopic (exact) mass is 226 g/mol. The molecule has 0 unspecified atom stereocenters. The third-order valence-corrected chi connectivity index (χ3v) is 3.09. The molecule has 1 aromatic rings. The van der Waals surface area contributed by atoms with E-state index in [0.717, 1.165) is 31.5 Å². The van der Waals surface area contributed by atoms with E-state index in [1.807, 2.05) is 7.05 Å². The lowest BCUT2D eigenvalue weighted by Crippen LogP contribution is -2.27. The molecule has 1 saturated carbocycles. The van der Waals surface area contributed by atoms with Gasteiger partial charge in [-0.3, -0.25) is 0 Å². The van der Waals surface area contributed by atoms with Crippen molar-refractivity contribution in [3.8, 4) is 0 Å². The van der Waals surface area contributed by atoms with E-state index in [0.29, 0.717) is 6.54 Å². The van der Waals surface area contributed by atoms with Crippen molar-refractivity contribution < 1.29 is 8.78 Å². The largest absolute Gasteiger partial charge is 0.382 e. The van der Waals surface area contributed by atoms with Crippen molar-refractivity contribution in [2.24, 2.45) is 5.41 Å². The molecular weight excluding hydrogens is 210 g/mol. The minimum Gasteiger partial charge on any atom is -0.382 e. The van der Waals surface area contributed by atoms with E-state index in [4.69, 9.17) is 0 Å². The maximum absolute atomic E-state index is 13.3. The van der Waals surface area contributed by atoms with Gasteiger partial charge in [0.2, 0.25) is 0 Å². The maximum Gasteiger partial charge on any atom is 0.146 e. The fourth-order valence-corrected chi connectivity index (χ4v) is 1.88. The summed E-state index contributed by atoms with van der Waals surface area (Å²) in [6.45, 7) is 1.60. The van der Waals surface area contributed by atoms with Crippen LogP contribution >= 0.6 is 0 Å². The summed E-state index contributed by atoms with van der Waals surface area (Å²) in [5.41, 5.74) is 0.482. The van der Waals surface area contributed by atoms with Gasteiger partial charge < -0.3 is 10.6 Å². The van der Waals surface area contributed by atoms with Crippen molar-refractivity contribution >= 4 is 5.69 Å². The van der Waals surface area contributed by atoms with Crippen LogP contribution in [0.1, 0.15) is 12.8 Å². The summed E-state index contributed by atoms with van der Waals surface area (Å²) < 4.78 is 26.2. The number of halogens is 2. The summed E-state index contributed by atoms with van der Waals surface area (Å²) in [6.07, 6.45) is 2.27. The molecule has 0 aliphatic heterocycles. The molecule has 88 valence electrons. The molecule has 2 N–H and O–H groups in total. The zero-order chi connectivity index (χ0) is 11.6. The van der Waals surface area contributed by atoms with Crippen LogP contribution in [0.15, 0.2) is 18.2 Å². The second-order valence-corrected chi connectivity index (χ2v) is 4.51. The quantitative estimate of drug-likeness (QED) is 0.805. The summed E-state index contributed by atoms with van der Waals surface area (Å²) in [6, 6.07) is 3.47. The summed E-state index contributed by atoms with van der Waals surface area (Å²) >= 11 is 0. The van der Waals surface area contributed by atoms with Gasteiger partial charge in [-0.1, -0.05) is 0 Å². The minimum atomic E-state index is -0.414. The Balaban J connectivity index is 1.97. The molecule has 0 saturated heterocycles. The molecule has 0 atom stereocenters. The summed E-state index contributed by atoms with van der Waals surface area (Å²) in [7, 11) is 1.91. The van der Waals surface area contributed by atoms with Gasteiger partial charge in [-0.05, 0) is 38.1 Å². The van der Waals surface area contributed by atoms with Crippen LogP contribution in [0.2, 0.25) is 0 Å². The lowest BCUT2D eigenvalue weighted by molar-refractivity contribution is 0.504. The zero-order valence-electron chi connectivity index (χ0n) is 9.32. The lowest BCUT2D eigenvalue weighted by atomic mass is 10.1. The van der Waals surface area contributed by atoms with E-state index in [1.165, 1.54) is 6.07 Å². The van der Waals surface area contributed by atoms with Crippen LogP contribution in [0.25, 0.3) is 0 Å². The van der Waals surface area contributed by atoms with Gasteiger partial charge in [-0.25, -0.2) is 8.78 Å². The maximum atomic E-state index is 13.3. The summed E-state index contributed by atoms with van der Waals surface area (Å²) in [4.78, 5) is 0. The molecular formula is C12H16F2N2. The van der Waals surface area contributed by atoms with Crippen LogP contribution in [0.5, 0.6) is 0 Å². The van der Waals surface area contributed by atoms with E-state index in [2.05, 4.69) is 10.6 Å². The normalized spacial score (nSPS) is 17.2. The highest BCUT2D eigenvalue weighted by Gasteiger charge is 2.41. The number of nitrogens with one attached hydrogen (secondary N) is 2. The smallest absolute Gasteiger partial charge is 0.146 e. The summed E-state index contributed by atoms with van der Waals surface area (Å²) in [5, 5.41) is 6.11. The van der Waals surface area contributed by atoms with E-state index in [-0.39, 0.29) is 11.1 Å². The number of rotatable bonds is 5. The Morgan fingerprint density at radius 3 is 2.62 bits per heavy atom. The molecule has 2 nitrogen and oxygen atoms in total. The van der Waals surface area contributed by atoms with Gasteiger partial charge >= 0.3 is 0 Å². The van der Waals surface area contributed by atoms with Crippen molar-refractivity contribution in [3.63, 3.8) is 0 Å². The molecule has 1 aliphatic carbocycles. The molecule has 0 heterocycles. The second-order valence-electron chi connectivity index (χ2n) is 4.51. The van der Waals surface area contributed by atoms with Gasteiger partial charge in [-0.15, -0.1) is 0 Å². The van der Waals surface area contributed by atoms with Crippen LogP contribution in [-0.2, 0) is 0 Å². The Morgan fingerprint density at radius 2 is 2.00 bits per heavy atom. The second kappa shape index (κ2) is 4.37. The molecule has 1 fully saturated rings. The Hall–Kier alpha value is -1.16. The highest BCUT2D eigenvalue weighted by Crippen LogP contribution is 2.44. The van der Waals surface area contributed by atoms with Gasteiger partial charge in [0.1, 0.15) is 11.6 Å². The highest BCUT2D eigenvalue weighted by molar-refractivity contribution is 5.45. The number of hydrogen-bond acceptors (Lipinski definition) is 2. The average Bonchev–Trinajstić information content (AvgIpc) is 3.01. The third-order valence-electron chi connectivity index (χ3n) is 3.09. The van der Waals surface area contributed by atoms with Crippen molar-refractivity contribution in [1.82, 2.24) is 5.32 Å². The number of hydrogen-bond donors (Lipinski definition) is 2. The van der Waals surface area contributed by atoms with Gasteiger partial charge in [0.25, 0.3) is 0 Å². The van der Waals surface area contributed by atoms with Gasteiger partial charge in [0.15, 0.2) is 0 Å². The Labute approximate surface area is 94.0 Å². The number of anilines is 1. The first kappa shape index (κ1) is 11.3. The molecule has 1 aliphatic rings. The fraction of sp³-hybridized carbons (Fsp3) is 0.500. The molecule has 16 heavy (non-hydrogen) atoms. The predicted octanol–water partition coefficient (Wildman–Crippen LogP) is 2.38. The minimum absolute atomic E-state index is 0.230. The van der Waals surface area contributed by atoms with Crippen molar-refractivity contribution in [3.05, 3.63) is 29.8 Å². The van der Waals surface area contributed by atoms with Crippen LogP contribution in [0.4, 0.5) is 14.5 Å². The highest BCUT2D eigenvalue weighted by atomic mass is 19.1. The zero-order valence-corrected chi connectivity index (χ0v) is 9.32. The van der Waals surface area contributed by atoms with Crippen molar-refractivity contribution in [2.45, 2.75) is 12.8 Å². The molecule has 2 rings (SSSR count). The van der Waals surface area contributed by atoms with Crippen LogP contribution in [0.3, 0.4) is 0 Å². The fourth-order valence-electron chi connectivity index (χ4n) is 1.88. The van der Waals surface area contributed by atoms with E-state index >= 15 is 0 Å². The number of benzene rings is 1. The predicted molar refractivity (Wildman–Crippen MR) is 60.4 cm³/mol. The molecule has 0 bridgehead atoms. The topological polar surface area (TPSA) is 24.1 Å². The first-order chi connectivity index (χ1) is 7.65. The Bertz CT molecular complexity index is 375. The summed E-state index contributed by atoms with van der Waals surface area (Å²) in [5.74, 6) is -0.816. The molecule has 0 aromatic heterocycles. The average molecular weight is 226 g/mol. The van der Waals surface area contributed by atoms with E-state index in [1.54, 1.807) is 0 Å². The van der Waals surface area contributed by atoms with E-state index in [9.17, 15) is 8.78 Å². The standard InChI is InChI=1S/C12H16F2N2/c1-15-7-12(4-5-12)8-16-11-6-9(13)2-3-10(11)14/h2-3,6,15-16H,4-5,7-8H2,1H3. The van der Waals surface area contributed by atoms with Gasteiger partial charge in [0, 0.05) is 18.5 Å².